The molecule has 0 aromatic heterocycles. The highest BCUT2D eigenvalue weighted by Gasteiger charge is 2.25. The van der Waals surface area contributed by atoms with Gasteiger partial charge in [-0.15, -0.1) is 0 Å². The molecule has 3 rings (SSSR count). The van der Waals surface area contributed by atoms with Crippen molar-refractivity contribution in [3.05, 3.63) is 96.1 Å². The predicted molar refractivity (Wildman–Crippen MR) is 109 cm³/mol. The molecule has 0 aliphatic rings. The maximum Gasteiger partial charge on any atom is 0.338 e. The van der Waals surface area contributed by atoms with Gasteiger partial charge in [0, 0.05) is 0 Å². The second-order valence-electron chi connectivity index (χ2n) is 6.23. The van der Waals surface area contributed by atoms with Crippen LogP contribution in [0.4, 0.5) is 5.69 Å². The predicted octanol–water partition coefficient (Wildman–Crippen LogP) is 4.05. The number of carbonyl (C=O) groups is 1. The van der Waals surface area contributed by atoms with Crippen LogP contribution in [0.3, 0.4) is 0 Å². The Bertz CT molecular complexity index is 1020. The average Bonchev–Trinajstić information content (AvgIpc) is 2.73. The van der Waals surface area contributed by atoms with E-state index < -0.39 is 16.0 Å². The fourth-order valence-electron chi connectivity index (χ4n) is 2.70. The number of anilines is 1. The van der Waals surface area contributed by atoms with Crippen LogP contribution >= 0.6 is 0 Å². The molecule has 0 aliphatic carbocycles. The molecule has 0 aliphatic heterocycles. The molecule has 0 heterocycles. The summed E-state index contributed by atoms with van der Waals surface area (Å²) in [6, 6.07) is 24.0. The zero-order valence-corrected chi connectivity index (χ0v) is 16.3. The highest BCUT2D eigenvalue weighted by Crippen LogP contribution is 2.23. The molecular weight excluding hydrogens is 374 g/mol. The first kappa shape index (κ1) is 19.6. The summed E-state index contributed by atoms with van der Waals surface area (Å²) in [6.45, 7) is 1.88. The minimum Gasteiger partial charge on any atom is -0.460 e. The minimum absolute atomic E-state index is 0.0128. The molecule has 0 N–H and O–H groups in total. The Morgan fingerprint density at radius 3 is 2.04 bits per heavy atom. The van der Waals surface area contributed by atoms with Crippen molar-refractivity contribution in [3.63, 3.8) is 0 Å². The molecule has 0 amide bonds. The highest BCUT2D eigenvalue weighted by molar-refractivity contribution is 7.92. The van der Waals surface area contributed by atoms with Gasteiger partial charge in [-0.05, 0) is 43.3 Å². The molecule has 0 unspecified atom stereocenters. The molecule has 0 saturated heterocycles. The van der Waals surface area contributed by atoms with E-state index in [-0.39, 0.29) is 18.0 Å². The van der Waals surface area contributed by atoms with Gasteiger partial charge in [0.2, 0.25) is 0 Å². The summed E-state index contributed by atoms with van der Waals surface area (Å²) in [7, 11) is -3.79. The lowest BCUT2D eigenvalue weighted by Crippen LogP contribution is -2.34. The van der Waals surface area contributed by atoms with Crippen molar-refractivity contribution in [2.75, 3.05) is 17.5 Å². The van der Waals surface area contributed by atoms with Crippen LogP contribution in [-0.2, 0) is 14.8 Å². The molecule has 28 heavy (non-hydrogen) atoms. The zero-order chi connectivity index (χ0) is 20.0. The first-order valence-electron chi connectivity index (χ1n) is 8.85. The number of aryl methyl sites for hydroxylation is 1. The molecule has 5 nitrogen and oxygen atoms in total. The van der Waals surface area contributed by atoms with Crippen molar-refractivity contribution >= 4 is 21.7 Å². The highest BCUT2D eigenvalue weighted by atomic mass is 32.2. The standard InChI is InChI=1S/C22H21NO4S/c1-18-12-14-20(15-13-18)23(28(25,26)21-10-6-3-7-11-21)16-17-27-22(24)19-8-4-2-5-9-19/h2-15H,16-17H2,1H3. The van der Waals surface area contributed by atoms with Gasteiger partial charge in [0.1, 0.15) is 6.61 Å². The molecule has 0 spiro atoms. The van der Waals surface area contributed by atoms with Crippen molar-refractivity contribution in [3.8, 4) is 0 Å². The van der Waals surface area contributed by atoms with Crippen molar-refractivity contribution in [1.82, 2.24) is 0 Å². The van der Waals surface area contributed by atoms with E-state index in [0.717, 1.165) is 5.56 Å². The summed E-state index contributed by atoms with van der Waals surface area (Å²) in [6.07, 6.45) is 0. The average molecular weight is 395 g/mol. The van der Waals surface area contributed by atoms with Gasteiger partial charge in [-0.1, -0.05) is 54.1 Å². The van der Waals surface area contributed by atoms with E-state index in [1.54, 1.807) is 66.7 Å². The van der Waals surface area contributed by atoms with Gasteiger partial charge in [0.25, 0.3) is 10.0 Å². The van der Waals surface area contributed by atoms with E-state index in [1.165, 1.54) is 4.31 Å². The molecule has 0 saturated carbocycles. The number of esters is 1. The van der Waals surface area contributed by atoms with Crippen LogP contribution in [0.2, 0.25) is 0 Å². The van der Waals surface area contributed by atoms with Gasteiger partial charge >= 0.3 is 5.97 Å². The molecular formula is C22H21NO4S. The van der Waals surface area contributed by atoms with Gasteiger partial charge in [-0.2, -0.15) is 0 Å². The van der Waals surface area contributed by atoms with Crippen molar-refractivity contribution < 1.29 is 17.9 Å². The van der Waals surface area contributed by atoms with Crippen LogP contribution in [0, 0.1) is 6.92 Å². The quantitative estimate of drug-likeness (QED) is 0.566. The smallest absolute Gasteiger partial charge is 0.338 e. The van der Waals surface area contributed by atoms with E-state index in [9.17, 15) is 13.2 Å². The Kier molecular flexibility index (Phi) is 6.11. The number of ether oxygens (including phenoxy) is 1. The first-order chi connectivity index (χ1) is 13.5. The summed E-state index contributed by atoms with van der Waals surface area (Å²) in [4.78, 5) is 12.3. The molecule has 0 radical (unpaired) electrons. The Balaban J connectivity index is 1.81. The molecule has 144 valence electrons. The topological polar surface area (TPSA) is 63.7 Å². The first-order valence-corrected chi connectivity index (χ1v) is 10.3. The van der Waals surface area contributed by atoms with Gasteiger partial charge in [-0.25, -0.2) is 13.2 Å². The lowest BCUT2D eigenvalue weighted by atomic mass is 10.2. The summed E-state index contributed by atoms with van der Waals surface area (Å²) in [5, 5.41) is 0. The Morgan fingerprint density at radius 1 is 0.857 bits per heavy atom. The van der Waals surface area contributed by atoms with Crippen LogP contribution in [0.1, 0.15) is 15.9 Å². The number of nitrogens with zero attached hydrogens (tertiary/aromatic N) is 1. The van der Waals surface area contributed by atoms with E-state index >= 15 is 0 Å². The minimum atomic E-state index is -3.79. The third kappa shape index (κ3) is 4.58. The number of sulfonamides is 1. The fourth-order valence-corrected chi connectivity index (χ4v) is 4.17. The molecule has 0 atom stereocenters. The summed E-state index contributed by atoms with van der Waals surface area (Å²) in [5.74, 6) is -0.485. The van der Waals surface area contributed by atoms with Gasteiger partial charge in [0.05, 0.1) is 22.7 Å². The number of hydrogen-bond donors (Lipinski definition) is 0. The SMILES string of the molecule is Cc1ccc(N(CCOC(=O)c2ccccc2)S(=O)(=O)c2ccccc2)cc1. The van der Waals surface area contributed by atoms with Gasteiger partial charge < -0.3 is 4.74 Å². The van der Waals surface area contributed by atoms with Crippen molar-refractivity contribution in [2.24, 2.45) is 0 Å². The Labute approximate surface area is 165 Å². The summed E-state index contributed by atoms with van der Waals surface area (Å²) >= 11 is 0. The van der Waals surface area contributed by atoms with Gasteiger partial charge in [-0.3, -0.25) is 4.31 Å². The molecule has 6 heteroatoms. The van der Waals surface area contributed by atoms with Crippen LogP contribution in [0.5, 0.6) is 0 Å². The van der Waals surface area contributed by atoms with Crippen LogP contribution in [0.15, 0.2) is 89.8 Å². The normalized spacial score (nSPS) is 11.0. The number of hydrogen-bond acceptors (Lipinski definition) is 4. The Hall–Kier alpha value is -3.12. The van der Waals surface area contributed by atoms with Crippen molar-refractivity contribution in [2.45, 2.75) is 11.8 Å². The molecule has 0 bridgehead atoms. The largest absolute Gasteiger partial charge is 0.460 e. The summed E-state index contributed by atoms with van der Waals surface area (Å²) < 4.78 is 32.9. The molecule has 3 aromatic carbocycles. The van der Waals surface area contributed by atoms with Crippen LogP contribution in [0.25, 0.3) is 0 Å². The number of rotatable bonds is 7. The van der Waals surface area contributed by atoms with Crippen molar-refractivity contribution in [1.29, 1.82) is 0 Å². The third-order valence-corrected chi connectivity index (χ3v) is 6.03. The van der Waals surface area contributed by atoms with E-state index in [0.29, 0.717) is 11.3 Å². The second-order valence-corrected chi connectivity index (χ2v) is 8.09. The molecule has 0 fully saturated rings. The van der Waals surface area contributed by atoms with E-state index in [2.05, 4.69) is 0 Å². The lowest BCUT2D eigenvalue weighted by molar-refractivity contribution is 0.0517. The monoisotopic (exact) mass is 395 g/mol. The third-order valence-electron chi connectivity index (χ3n) is 4.19. The fraction of sp³-hybridized carbons (Fsp3) is 0.136. The van der Waals surface area contributed by atoms with Crippen LogP contribution in [-0.4, -0.2) is 27.5 Å². The maximum atomic E-state index is 13.1. The molecule has 3 aromatic rings. The van der Waals surface area contributed by atoms with E-state index in [4.69, 9.17) is 4.74 Å². The zero-order valence-electron chi connectivity index (χ0n) is 15.5. The number of carbonyl (C=O) groups excluding carboxylic acids is 1. The van der Waals surface area contributed by atoms with E-state index in [1.807, 2.05) is 25.1 Å². The lowest BCUT2D eigenvalue weighted by Gasteiger charge is -2.24. The van der Waals surface area contributed by atoms with Gasteiger partial charge in [0.15, 0.2) is 0 Å². The number of benzene rings is 3. The second kappa shape index (κ2) is 8.71. The maximum absolute atomic E-state index is 13.1. The Morgan fingerprint density at radius 2 is 1.43 bits per heavy atom. The summed E-state index contributed by atoms with van der Waals surface area (Å²) in [5.41, 5.74) is 1.97. The van der Waals surface area contributed by atoms with Crippen LogP contribution < -0.4 is 4.31 Å².